The highest BCUT2D eigenvalue weighted by molar-refractivity contribution is 6.34. The number of ether oxygens (including phenoxy) is 1. The van der Waals surface area contributed by atoms with Gasteiger partial charge in [0.25, 0.3) is 5.91 Å². The van der Waals surface area contributed by atoms with Gasteiger partial charge in [-0.15, -0.1) is 0 Å². The van der Waals surface area contributed by atoms with E-state index in [0.29, 0.717) is 10.6 Å². The number of carbonyl (C=O) groups is 2. The Bertz CT molecular complexity index is 1290. The van der Waals surface area contributed by atoms with Crippen molar-refractivity contribution in [2.24, 2.45) is 0 Å². The fourth-order valence-electron chi connectivity index (χ4n) is 4.51. The second-order valence-electron chi connectivity index (χ2n) is 8.45. The van der Waals surface area contributed by atoms with Gasteiger partial charge in [-0.3, -0.25) is 15.2 Å². The summed E-state index contributed by atoms with van der Waals surface area (Å²) in [4.78, 5) is 29.3. The fraction of sp³-hybridized carbons (Fsp3) is 0.259. The molecule has 0 unspecified atom stereocenters. The summed E-state index contributed by atoms with van der Waals surface area (Å²) in [5.74, 6) is -1.59. The third-order valence-corrected chi connectivity index (χ3v) is 6.59. The first-order valence-corrected chi connectivity index (χ1v) is 11.8. The number of hydrogen-bond donors (Lipinski definition) is 2. The highest BCUT2D eigenvalue weighted by Gasteiger charge is 2.25. The lowest BCUT2D eigenvalue weighted by molar-refractivity contribution is 0.0600. The molecule has 0 radical (unpaired) electrons. The molecule has 0 atom stereocenters. The van der Waals surface area contributed by atoms with E-state index in [4.69, 9.17) is 17.0 Å². The minimum atomic E-state index is -0.772. The van der Waals surface area contributed by atoms with E-state index in [9.17, 15) is 14.0 Å². The zero-order valence-electron chi connectivity index (χ0n) is 19.2. The van der Waals surface area contributed by atoms with Gasteiger partial charge in [0.05, 0.1) is 34.7 Å². The lowest BCUT2D eigenvalue weighted by atomic mass is 9.82. The Morgan fingerprint density at radius 1 is 1.11 bits per heavy atom. The van der Waals surface area contributed by atoms with Crippen molar-refractivity contribution >= 4 is 34.9 Å². The molecule has 0 spiro atoms. The van der Waals surface area contributed by atoms with Gasteiger partial charge in [-0.25, -0.2) is 9.18 Å². The van der Waals surface area contributed by atoms with Crippen LogP contribution in [0.25, 0.3) is 0 Å². The smallest absolute Gasteiger partial charge is 0.337 e. The van der Waals surface area contributed by atoms with Crippen molar-refractivity contribution in [1.29, 1.82) is 5.41 Å². The minimum absolute atomic E-state index is 0.0325. The highest BCUT2D eigenvalue weighted by atomic mass is 35.5. The zero-order valence-corrected chi connectivity index (χ0v) is 20.0. The summed E-state index contributed by atoms with van der Waals surface area (Å²) in [5, 5.41) is 11.8. The second kappa shape index (κ2) is 10.8. The molecule has 1 aliphatic rings. The number of hydrogen-bond acceptors (Lipinski definition) is 5. The van der Waals surface area contributed by atoms with Gasteiger partial charge in [0, 0.05) is 11.8 Å². The molecule has 1 saturated carbocycles. The topological polar surface area (TPSA) is 92.1 Å². The first-order chi connectivity index (χ1) is 16.9. The van der Waals surface area contributed by atoms with Crippen LogP contribution in [0.2, 0.25) is 5.02 Å². The van der Waals surface area contributed by atoms with Crippen LogP contribution in [0.3, 0.4) is 0 Å². The van der Waals surface area contributed by atoms with E-state index in [-0.39, 0.29) is 34.1 Å². The van der Waals surface area contributed by atoms with Gasteiger partial charge in [-0.1, -0.05) is 43.0 Å². The number of pyridine rings is 1. The molecule has 2 N–H and O–H groups in total. The lowest BCUT2D eigenvalue weighted by Gasteiger charge is -2.24. The van der Waals surface area contributed by atoms with Crippen molar-refractivity contribution in [2.75, 3.05) is 12.4 Å². The molecule has 3 aromatic rings. The van der Waals surface area contributed by atoms with Crippen molar-refractivity contribution < 1.29 is 18.7 Å². The quantitative estimate of drug-likeness (QED) is 0.308. The first-order valence-electron chi connectivity index (χ1n) is 11.4. The molecule has 2 aromatic carbocycles. The lowest BCUT2D eigenvalue weighted by Crippen LogP contribution is -2.20. The Balaban J connectivity index is 1.64. The van der Waals surface area contributed by atoms with Gasteiger partial charge >= 0.3 is 5.97 Å². The van der Waals surface area contributed by atoms with E-state index >= 15 is 0 Å². The summed E-state index contributed by atoms with van der Waals surface area (Å²) in [6.45, 7) is 0. The van der Waals surface area contributed by atoms with E-state index in [1.807, 2.05) is 12.1 Å². The third kappa shape index (κ3) is 5.25. The van der Waals surface area contributed by atoms with Crippen LogP contribution in [0.1, 0.15) is 75.6 Å². The van der Waals surface area contributed by atoms with Crippen LogP contribution in [0.15, 0.2) is 54.7 Å². The normalized spacial score (nSPS) is 13.8. The summed E-state index contributed by atoms with van der Waals surface area (Å²) in [6, 6.07) is 12.4. The molecule has 0 aliphatic heterocycles. The number of aromatic nitrogens is 1. The molecule has 1 amide bonds. The first kappa shape index (κ1) is 24.5. The number of carbonyl (C=O) groups excluding carboxylic acids is 2. The largest absolute Gasteiger partial charge is 0.465 e. The standard InChI is InChI=1S/C27H25ClFN3O3/c1-35-27(34)17-12-13-19(21(29)15-17)24(30)25-22(11-6-14-31-25)32-26(33)23-18(9-5-10-20(23)28)16-7-3-2-4-8-16/h5-6,9-16,30H,2-4,7-8H2,1H3,(H,32,33). The van der Waals surface area contributed by atoms with Crippen LogP contribution in [0.4, 0.5) is 10.1 Å². The molecule has 4 rings (SSSR count). The van der Waals surface area contributed by atoms with Crippen molar-refractivity contribution in [2.45, 2.75) is 38.0 Å². The Morgan fingerprint density at radius 2 is 1.89 bits per heavy atom. The van der Waals surface area contributed by atoms with E-state index in [1.165, 1.54) is 31.9 Å². The predicted molar refractivity (Wildman–Crippen MR) is 133 cm³/mol. The molecule has 180 valence electrons. The Labute approximate surface area is 208 Å². The monoisotopic (exact) mass is 493 g/mol. The molecule has 35 heavy (non-hydrogen) atoms. The third-order valence-electron chi connectivity index (χ3n) is 6.27. The molecule has 8 heteroatoms. The van der Waals surface area contributed by atoms with Crippen LogP contribution in [-0.4, -0.2) is 29.7 Å². The van der Waals surface area contributed by atoms with Gasteiger partial charge in [0.1, 0.15) is 11.5 Å². The molecule has 1 fully saturated rings. The van der Waals surface area contributed by atoms with Crippen molar-refractivity contribution in [3.63, 3.8) is 0 Å². The zero-order chi connectivity index (χ0) is 24.9. The van der Waals surface area contributed by atoms with Crippen LogP contribution in [-0.2, 0) is 4.74 Å². The van der Waals surface area contributed by atoms with Crippen molar-refractivity contribution in [3.8, 4) is 0 Å². The minimum Gasteiger partial charge on any atom is -0.465 e. The van der Waals surface area contributed by atoms with E-state index in [1.54, 1.807) is 18.2 Å². The summed E-state index contributed by atoms with van der Waals surface area (Å²) < 4.78 is 19.4. The molecular weight excluding hydrogens is 469 g/mol. The predicted octanol–water partition coefficient (Wildman–Crippen LogP) is 6.38. The number of halogens is 2. The van der Waals surface area contributed by atoms with Crippen molar-refractivity contribution in [3.05, 3.63) is 93.5 Å². The number of rotatable bonds is 6. The van der Waals surface area contributed by atoms with Gasteiger partial charge in [0.2, 0.25) is 0 Å². The maximum atomic E-state index is 14.8. The number of anilines is 1. The van der Waals surface area contributed by atoms with Gasteiger partial charge in [0.15, 0.2) is 0 Å². The average Bonchev–Trinajstić information content (AvgIpc) is 2.88. The summed E-state index contributed by atoms with van der Waals surface area (Å²) in [5.41, 5.74) is 1.42. The molecule has 0 bridgehead atoms. The van der Waals surface area contributed by atoms with E-state index in [2.05, 4.69) is 15.0 Å². The summed E-state index contributed by atoms with van der Waals surface area (Å²) >= 11 is 6.47. The molecule has 1 aliphatic carbocycles. The molecule has 1 heterocycles. The maximum Gasteiger partial charge on any atom is 0.337 e. The van der Waals surface area contributed by atoms with E-state index in [0.717, 1.165) is 37.3 Å². The van der Waals surface area contributed by atoms with Gasteiger partial charge in [-0.05, 0) is 60.7 Å². The molecule has 6 nitrogen and oxygen atoms in total. The number of amides is 1. The summed E-state index contributed by atoms with van der Waals surface area (Å²) in [7, 11) is 1.21. The van der Waals surface area contributed by atoms with Crippen LogP contribution in [0.5, 0.6) is 0 Å². The number of benzene rings is 2. The Morgan fingerprint density at radius 3 is 2.60 bits per heavy atom. The van der Waals surface area contributed by atoms with E-state index < -0.39 is 17.7 Å². The number of nitrogens with one attached hydrogen (secondary N) is 2. The fourth-order valence-corrected chi connectivity index (χ4v) is 4.78. The maximum absolute atomic E-state index is 14.8. The average molecular weight is 494 g/mol. The Hall–Kier alpha value is -3.58. The van der Waals surface area contributed by atoms with Crippen LogP contribution < -0.4 is 5.32 Å². The van der Waals surface area contributed by atoms with Gasteiger partial charge in [-0.2, -0.15) is 0 Å². The number of esters is 1. The second-order valence-corrected chi connectivity index (χ2v) is 8.86. The van der Waals surface area contributed by atoms with Crippen LogP contribution in [0, 0.1) is 11.2 Å². The van der Waals surface area contributed by atoms with Crippen LogP contribution >= 0.6 is 11.6 Å². The molecular formula is C27H25ClFN3O3. The Kier molecular flexibility index (Phi) is 7.56. The molecule has 1 aromatic heterocycles. The summed E-state index contributed by atoms with van der Waals surface area (Å²) in [6.07, 6.45) is 6.89. The number of methoxy groups -OCH3 is 1. The SMILES string of the molecule is COC(=O)c1ccc(C(=N)c2ncccc2NC(=O)c2c(Cl)cccc2C2CCCCC2)c(F)c1. The number of nitrogens with zero attached hydrogens (tertiary/aromatic N) is 1. The van der Waals surface area contributed by atoms with Crippen molar-refractivity contribution in [1.82, 2.24) is 4.98 Å². The molecule has 0 saturated heterocycles. The van der Waals surface area contributed by atoms with Gasteiger partial charge < -0.3 is 10.1 Å². The highest BCUT2D eigenvalue weighted by Crippen LogP contribution is 2.37.